The Morgan fingerprint density at radius 1 is 0.784 bits per heavy atom. The number of methoxy groups -OCH3 is 1. The first-order valence-electron chi connectivity index (χ1n) is 11.9. The molecule has 0 aliphatic rings. The minimum atomic E-state index is -0.801. The Morgan fingerprint density at radius 3 is 1.84 bits per heavy atom. The number of nitrogens with zero attached hydrogens (tertiary/aromatic N) is 1. The van der Waals surface area contributed by atoms with Crippen LogP contribution in [0.1, 0.15) is 22.3 Å². The third-order valence-corrected chi connectivity index (χ3v) is 6.44. The van der Waals surface area contributed by atoms with Crippen molar-refractivity contribution < 1.29 is 13.9 Å². The van der Waals surface area contributed by atoms with Crippen molar-refractivity contribution in [2.75, 3.05) is 12.4 Å². The van der Waals surface area contributed by atoms with Gasteiger partial charge < -0.3 is 10.1 Å². The van der Waals surface area contributed by atoms with E-state index in [1.165, 1.54) is 19.3 Å². The van der Waals surface area contributed by atoms with Crippen molar-refractivity contribution in [3.63, 3.8) is 0 Å². The van der Waals surface area contributed by atoms with Crippen LogP contribution in [0, 0.1) is 5.82 Å². The van der Waals surface area contributed by atoms with Crippen LogP contribution in [0.15, 0.2) is 121 Å². The van der Waals surface area contributed by atoms with Crippen LogP contribution in [0.25, 0.3) is 16.8 Å². The summed E-state index contributed by atoms with van der Waals surface area (Å²) in [4.78, 5) is 16.2. The molecule has 0 amide bonds. The number of fused-ring (bicyclic) bond motifs is 1. The maximum atomic E-state index is 15.5. The molecule has 1 heterocycles. The number of nitrogens with one attached hydrogen (secondary N) is 1. The van der Waals surface area contributed by atoms with Crippen LogP contribution in [0.3, 0.4) is 0 Å². The van der Waals surface area contributed by atoms with Crippen molar-refractivity contribution >= 4 is 28.6 Å². The van der Waals surface area contributed by atoms with E-state index in [2.05, 4.69) is 51.4 Å². The number of anilines is 1. The maximum Gasteiger partial charge on any atom is 0.330 e. The number of aromatic nitrogens is 1. The number of hydrogen-bond donors (Lipinski definition) is 1. The van der Waals surface area contributed by atoms with Crippen LogP contribution >= 0.6 is 0 Å². The normalized spacial score (nSPS) is 11.5. The van der Waals surface area contributed by atoms with Crippen molar-refractivity contribution in [3.8, 4) is 0 Å². The molecule has 5 heteroatoms. The lowest BCUT2D eigenvalue weighted by Gasteiger charge is -2.37. The molecular formula is C32H25FN2O2. The summed E-state index contributed by atoms with van der Waals surface area (Å²) in [5.41, 5.74) is 2.54. The molecule has 0 aliphatic carbocycles. The molecule has 1 N–H and O–H groups in total. The Balaban J connectivity index is 1.72. The van der Waals surface area contributed by atoms with Gasteiger partial charge in [-0.05, 0) is 34.9 Å². The molecule has 0 saturated heterocycles. The fraction of sp³-hybridized carbons (Fsp3) is 0.0625. The monoisotopic (exact) mass is 488 g/mol. The predicted molar refractivity (Wildman–Crippen MR) is 146 cm³/mol. The number of esters is 1. The number of benzene rings is 4. The third-order valence-electron chi connectivity index (χ3n) is 6.44. The van der Waals surface area contributed by atoms with Crippen molar-refractivity contribution in [3.05, 3.63) is 150 Å². The molecule has 0 spiro atoms. The summed E-state index contributed by atoms with van der Waals surface area (Å²) in [6, 6.07) is 35.6. The van der Waals surface area contributed by atoms with E-state index in [1.807, 2.05) is 60.7 Å². The largest absolute Gasteiger partial charge is 0.466 e. The Hall–Kier alpha value is -4.77. The van der Waals surface area contributed by atoms with Crippen LogP contribution < -0.4 is 5.32 Å². The van der Waals surface area contributed by atoms with E-state index >= 15 is 4.39 Å². The number of carbonyl (C=O) groups is 1. The first-order chi connectivity index (χ1) is 18.1. The average molecular weight is 489 g/mol. The second kappa shape index (κ2) is 10.5. The smallest absolute Gasteiger partial charge is 0.330 e. The molecule has 4 nitrogen and oxygen atoms in total. The lowest BCUT2D eigenvalue weighted by molar-refractivity contribution is -0.134. The van der Waals surface area contributed by atoms with E-state index in [-0.39, 0.29) is 5.56 Å². The molecule has 37 heavy (non-hydrogen) atoms. The van der Waals surface area contributed by atoms with Gasteiger partial charge in [-0.3, -0.25) is 0 Å². The fourth-order valence-corrected chi connectivity index (χ4v) is 4.65. The molecule has 0 fully saturated rings. The van der Waals surface area contributed by atoms with Gasteiger partial charge in [0, 0.05) is 28.6 Å². The molecule has 0 saturated carbocycles. The van der Waals surface area contributed by atoms with Gasteiger partial charge in [0.1, 0.15) is 17.2 Å². The van der Waals surface area contributed by atoms with Gasteiger partial charge in [0.05, 0.1) is 7.11 Å². The van der Waals surface area contributed by atoms with E-state index < -0.39 is 17.3 Å². The zero-order valence-corrected chi connectivity index (χ0v) is 20.3. The molecule has 5 aromatic rings. The summed E-state index contributed by atoms with van der Waals surface area (Å²) >= 11 is 0. The summed E-state index contributed by atoms with van der Waals surface area (Å²) in [6.45, 7) is 0. The van der Waals surface area contributed by atoms with E-state index in [4.69, 9.17) is 0 Å². The number of pyridine rings is 1. The van der Waals surface area contributed by atoms with E-state index in [9.17, 15) is 4.79 Å². The molecule has 1 aromatic heterocycles. The van der Waals surface area contributed by atoms with Gasteiger partial charge in [-0.1, -0.05) is 97.1 Å². The molecule has 0 unspecified atom stereocenters. The molecule has 4 aromatic carbocycles. The zero-order chi connectivity index (χ0) is 25.7. The highest BCUT2D eigenvalue weighted by Gasteiger charge is 2.37. The SMILES string of the molecule is COC(=O)C=Cc1ccc2c(NC(c3ccccc3)(c3ccccc3)c3ccccc3)nccc2c1F. The average Bonchev–Trinajstić information content (AvgIpc) is 2.97. The highest BCUT2D eigenvalue weighted by Crippen LogP contribution is 2.41. The molecule has 0 atom stereocenters. The Kier molecular flexibility index (Phi) is 6.77. The fourth-order valence-electron chi connectivity index (χ4n) is 4.65. The summed E-state index contributed by atoms with van der Waals surface area (Å²) in [5, 5.41) is 4.74. The number of ether oxygens (including phenoxy) is 1. The standard InChI is InChI=1S/C32H25FN2O2/c1-37-29(36)20-18-23-17-19-28-27(30(23)33)21-22-34-31(28)35-32(24-11-5-2-6-12-24,25-13-7-3-8-14-25)26-15-9-4-10-16-26/h2-22H,1H3,(H,34,35). The molecular weight excluding hydrogens is 463 g/mol. The minimum absolute atomic E-state index is 0.287. The van der Waals surface area contributed by atoms with Gasteiger partial charge in [-0.2, -0.15) is 0 Å². The topological polar surface area (TPSA) is 51.2 Å². The highest BCUT2D eigenvalue weighted by atomic mass is 19.1. The summed E-state index contributed by atoms with van der Waals surface area (Å²) in [7, 11) is 1.28. The Labute approximate surface area is 215 Å². The second-order valence-electron chi connectivity index (χ2n) is 8.55. The second-order valence-corrected chi connectivity index (χ2v) is 8.55. The Morgan fingerprint density at radius 2 is 1.32 bits per heavy atom. The van der Waals surface area contributed by atoms with Gasteiger partial charge in [-0.15, -0.1) is 0 Å². The van der Waals surface area contributed by atoms with Gasteiger partial charge >= 0.3 is 5.97 Å². The highest BCUT2D eigenvalue weighted by molar-refractivity contribution is 5.95. The van der Waals surface area contributed by atoms with Crippen LogP contribution in [0.5, 0.6) is 0 Å². The van der Waals surface area contributed by atoms with Crippen molar-refractivity contribution in [2.45, 2.75) is 5.54 Å². The van der Waals surface area contributed by atoms with E-state index in [0.717, 1.165) is 16.7 Å². The summed E-state index contributed by atoms with van der Waals surface area (Å²) in [6.07, 6.45) is 4.21. The van der Waals surface area contributed by atoms with Gasteiger partial charge in [0.2, 0.25) is 0 Å². The zero-order valence-electron chi connectivity index (χ0n) is 20.3. The third kappa shape index (κ3) is 4.59. The summed E-state index contributed by atoms with van der Waals surface area (Å²) in [5.74, 6) is -0.445. The lowest BCUT2D eigenvalue weighted by Crippen LogP contribution is -2.38. The molecule has 0 aliphatic heterocycles. The molecule has 182 valence electrons. The number of rotatable bonds is 7. The van der Waals surface area contributed by atoms with Crippen LogP contribution in [-0.2, 0) is 15.1 Å². The van der Waals surface area contributed by atoms with Crippen molar-refractivity contribution in [2.24, 2.45) is 0 Å². The lowest BCUT2D eigenvalue weighted by atomic mass is 9.77. The number of halogens is 1. The molecule has 5 rings (SSSR count). The summed E-state index contributed by atoms with van der Waals surface area (Å²) < 4.78 is 20.2. The van der Waals surface area contributed by atoms with Crippen LogP contribution in [0.2, 0.25) is 0 Å². The van der Waals surface area contributed by atoms with Crippen molar-refractivity contribution in [1.82, 2.24) is 4.98 Å². The first kappa shape index (κ1) is 23.9. The van der Waals surface area contributed by atoms with E-state index in [1.54, 1.807) is 18.3 Å². The maximum absolute atomic E-state index is 15.5. The van der Waals surface area contributed by atoms with Crippen LogP contribution in [-0.4, -0.2) is 18.1 Å². The van der Waals surface area contributed by atoms with Gasteiger partial charge in [-0.25, -0.2) is 14.2 Å². The predicted octanol–water partition coefficient (Wildman–Crippen LogP) is 6.96. The Bertz CT molecular complexity index is 1460. The van der Waals surface area contributed by atoms with Gasteiger partial charge in [0.15, 0.2) is 0 Å². The quantitative estimate of drug-likeness (QED) is 0.153. The van der Waals surface area contributed by atoms with Crippen molar-refractivity contribution in [1.29, 1.82) is 0 Å². The van der Waals surface area contributed by atoms with E-state index in [0.29, 0.717) is 16.6 Å². The molecule has 0 radical (unpaired) electrons. The van der Waals surface area contributed by atoms with Crippen LogP contribution in [0.4, 0.5) is 10.2 Å². The van der Waals surface area contributed by atoms with Gasteiger partial charge in [0.25, 0.3) is 0 Å². The minimum Gasteiger partial charge on any atom is -0.466 e. The first-order valence-corrected chi connectivity index (χ1v) is 11.9. The number of hydrogen-bond acceptors (Lipinski definition) is 4. The number of carbonyl (C=O) groups excluding carboxylic acids is 1. The molecule has 0 bridgehead atoms.